The van der Waals surface area contributed by atoms with E-state index in [-0.39, 0.29) is 0 Å². The number of amides is 1. The molecule has 106 valence electrons. The zero-order chi connectivity index (χ0) is 14.6. The van der Waals surface area contributed by atoms with Crippen molar-refractivity contribution in [2.24, 2.45) is 0 Å². The van der Waals surface area contributed by atoms with Gasteiger partial charge in [-0.1, -0.05) is 23.7 Å². The van der Waals surface area contributed by atoms with Gasteiger partial charge in [-0.15, -0.1) is 0 Å². The van der Waals surface area contributed by atoms with Crippen molar-refractivity contribution in [2.75, 3.05) is 0 Å². The molecule has 0 heterocycles. The van der Waals surface area contributed by atoms with Gasteiger partial charge in [0, 0.05) is 5.02 Å². The van der Waals surface area contributed by atoms with Crippen molar-refractivity contribution in [3.05, 3.63) is 34.9 Å². The molecule has 1 amide bonds. The molecule has 0 fully saturated rings. The van der Waals surface area contributed by atoms with Crippen molar-refractivity contribution in [3.63, 3.8) is 0 Å². The van der Waals surface area contributed by atoms with E-state index in [1.54, 1.807) is 52.0 Å². The van der Waals surface area contributed by atoms with E-state index in [1.807, 2.05) is 0 Å². The summed E-state index contributed by atoms with van der Waals surface area (Å²) in [5, 5.41) is 13.3. The topological polar surface area (TPSA) is 58.6 Å². The van der Waals surface area contributed by atoms with Crippen LogP contribution >= 0.6 is 11.6 Å². The van der Waals surface area contributed by atoms with Crippen molar-refractivity contribution in [3.8, 4) is 0 Å². The Morgan fingerprint density at radius 1 is 1.42 bits per heavy atom. The van der Waals surface area contributed by atoms with Gasteiger partial charge in [0.05, 0.1) is 12.1 Å². The Labute approximate surface area is 118 Å². The van der Waals surface area contributed by atoms with Crippen LogP contribution in [0.4, 0.5) is 4.79 Å². The van der Waals surface area contributed by atoms with Crippen LogP contribution < -0.4 is 5.32 Å². The quantitative estimate of drug-likeness (QED) is 0.896. The molecule has 0 spiro atoms. The van der Waals surface area contributed by atoms with Crippen LogP contribution in [0.3, 0.4) is 0 Å². The monoisotopic (exact) mass is 285 g/mol. The number of alkyl carbamates (subject to hydrolysis) is 1. The Balaban J connectivity index is 2.63. The fourth-order valence-electron chi connectivity index (χ4n) is 1.55. The minimum atomic E-state index is -0.841. The minimum absolute atomic E-state index is 0.478. The van der Waals surface area contributed by atoms with Crippen molar-refractivity contribution < 1.29 is 14.6 Å². The molecule has 19 heavy (non-hydrogen) atoms. The maximum Gasteiger partial charge on any atom is 0.407 e. The average Bonchev–Trinajstić information content (AvgIpc) is 2.25. The summed E-state index contributed by atoms with van der Waals surface area (Å²) in [7, 11) is 0. The van der Waals surface area contributed by atoms with E-state index < -0.39 is 23.8 Å². The molecule has 0 aliphatic carbocycles. The van der Waals surface area contributed by atoms with Crippen molar-refractivity contribution >= 4 is 17.7 Å². The first-order chi connectivity index (χ1) is 8.69. The summed E-state index contributed by atoms with van der Waals surface area (Å²) < 4.78 is 5.13. The molecule has 4 nitrogen and oxygen atoms in total. The van der Waals surface area contributed by atoms with Gasteiger partial charge in [-0.2, -0.15) is 0 Å². The van der Waals surface area contributed by atoms with Gasteiger partial charge < -0.3 is 15.2 Å². The van der Waals surface area contributed by atoms with E-state index in [2.05, 4.69) is 5.32 Å². The molecule has 0 bridgehead atoms. The Hall–Kier alpha value is -1.26. The number of benzene rings is 1. The molecule has 1 rings (SSSR count). The van der Waals surface area contributed by atoms with Gasteiger partial charge in [-0.05, 0) is 45.4 Å². The lowest BCUT2D eigenvalue weighted by Crippen LogP contribution is -2.40. The number of halogens is 1. The molecule has 0 aliphatic rings. The van der Waals surface area contributed by atoms with E-state index in [0.717, 1.165) is 0 Å². The molecule has 0 saturated heterocycles. The van der Waals surface area contributed by atoms with Crippen LogP contribution in [0.25, 0.3) is 0 Å². The predicted molar refractivity (Wildman–Crippen MR) is 75.2 cm³/mol. The second-order valence-electron chi connectivity index (χ2n) is 5.43. The van der Waals surface area contributed by atoms with Crippen LogP contribution in [0.1, 0.15) is 39.4 Å². The summed E-state index contributed by atoms with van der Waals surface area (Å²) >= 11 is 5.86. The number of hydrogen-bond acceptors (Lipinski definition) is 3. The first-order valence-electron chi connectivity index (χ1n) is 6.12. The molecule has 2 atom stereocenters. The fourth-order valence-corrected chi connectivity index (χ4v) is 1.75. The molecule has 5 heteroatoms. The first-order valence-corrected chi connectivity index (χ1v) is 6.50. The lowest BCUT2D eigenvalue weighted by atomic mass is 10.0. The third-order valence-electron chi connectivity index (χ3n) is 2.41. The van der Waals surface area contributed by atoms with E-state index in [1.165, 1.54) is 0 Å². The highest BCUT2D eigenvalue weighted by molar-refractivity contribution is 6.30. The zero-order valence-electron chi connectivity index (χ0n) is 11.6. The number of rotatable bonds is 3. The highest BCUT2D eigenvalue weighted by Crippen LogP contribution is 2.20. The number of aliphatic hydroxyl groups is 1. The molecular formula is C14H20ClNO3. The second-order valence-corrected chi connectivity index (χ2v) is 5.87. The molecule has 0 saturated carbocycles. The Kier molecular flexibility index (Phi) is 5.20. The van der Waals surface area contributed by atoms with Gasteiger partial charge in [0.25, 0.3) is 0 Å². The fraction of sp³-hybridized carbons (Fsp3) is 0.500. The molecule has 0 aromatic heterocycles. The Bertz CT molecular complexity index is 443. The summed E-state index contributed by atoms with van der Waals surface area (Å²) in [6.45, 7) is 7.05. The maximum absolute atomic E-state index is 11.6. The largest absolute Gasteiger partial charge is 0.444 e. The summed E-state index contributed by atoms with van der Waals surface area (Å²) in [6, 6.07) is 6.42. The number of nitrogens with one attached hydrogen (secondary N) is 1. The van der Waals surface area contributed by atoms with Crippen LogP contribution in [0.15, 0.2) is 24.3 Å². The van der Waals surface area contributed by atoms with Crippen molar-refractivity contribution in [2.45, 2.75) is 45.4 Å². The van der Waals surface area contributed by atoms with Gasteiger partial charge in [-0.3, -0.25) is 0 Å². The highest BCUT2D eigenvalue weighted by atomic mass is 35.5. The molecule has 2 unspecified atom stereocenters. The van der Waals surface area contributed by atoms with Crippen molar-refractivity contribution in [1.82, 2.24) is 5.32 Å². The SMILES string of the molecule is CC(NC(=O)OC(C)(C)C)C(O)c1cccc(Cl)c1. The van der Waals surface area contributed by atoms with E-state index in [0.29, 0.717) is 10.6 Å². The highest BCUT2D eigenvalue weighted by Gasteiger charge is 2.22. The summed E-state index contributed by atoms with van der Waals surface area (Å²) in [5.74, 6) is 0. The van der Waals surface area contributed by atoms with Crippen LogP contribution in [-0.4, -0.2) is 22.8 Å². The number of carbonyl (C=O) groups is 1. The Morgan fingerprint density at radius 2 is 2.05 bits per heavy atom. The molecule has 0 aliphatic heterocycles. The lowest BCUT2D eigenvalue weighted by Gasteiger charge is -2.24. The standard InChI is InChI=1S/C14H20ClNO3/c1-9(16-13(18)19-14(2,3)4)12(17)10-6-5-7-11(15)8-10/h5-9,12,17H,1-4H3,(H,16,18). The minimum Gasteiger partial charge on any atom is -0.444 e. The van der Waals surface area contributed by atoms with Gasteiger partial charge in [0.2, 0.25) is 0 Å². The van der Waals surface area contributed by atoms with Gasteiger partial charge >= 0.3 is 6.09 Å². The first kappa shape index (κ1) is 15.8. The third-order valence-corrected chi connectivity index (χ3v) is 2.64. The van der Waals surface area contributed by atoms with Gasteiger partial charge in [-0.25, -0.2) is 4.79 Å². The number of aliphatic hydroxyl groups excluding tert-OH is 1. The van der Waals surface area contributed by atoms with Crippen LogP contribution in [0.2, 0.25) is 5.02 Å². The smallest absolute Gasteiger partial charge is 0.407 e. The van der Waals surface area contributed by atoms with Crippen LogP contribution in [0, 0.1) is 0 Å². The summed E-state index contributed by atoms with van der Waals surface area (Å²) in [5.41, 5.74) is 0.0845. The van der Waals surface area contributed by atoms with E-state index >= 15 is 0 Å². The normalized spacial score (nSPS) is 14.6. The predicted octanol–water partition coefficient (Wildman–Crippen LogP) is 3.29. The molecule has 0 radical (unpaired) electrons. The lowest BCUT2D eigenvalue weighted by molar-refractivity contribution is 0.0436. The van der Waals surface area contributed by atoms with E-state index in [9.17, 15) is 9.90 Å². The maximum atomic E-state index is 11.6. The number of hydrogen-bond donors (Lipinski definition) is 2. The second kappa shape index (κ2) is 6.26. The molecular weight excluding hydrogens is 266 g/mol. The Morgan fingerprint density at radius 3 is 2.58 bits per heavy atom. The molecule has 1 aromatic carbocycles. The third kappa shape index (κ3) is 5.49. The molecule has 1 aromatic rings. The number of ether oxygens (including phenoxy) is 1. The molecule has 2 N–H and O–H groups in total. The van der Waals surface area contributed by atoms with Crippen LogP contribution in [0.5, 0.6) is 0 Å². The zero-order valence-corrected chi connectivity index (χ0v) is 12.4. The summed E-state index contributed by atoms with van der Waals surface area (Å²) in [6.07, 6.45) is -1.40. The summed E-state index contributed by atoms with van der Waals surface area (Å²) in [4.78, 5) is 11.6. The van der Waals surface area contributed by atoms with Crippen molar-refractivity contribution in [1.29, 1.82) is 0 Å². The van der Waals surface area contributed by atoms with E-state index in [4.69, 9.17) is 16.3 Å². The van der Waals surface area contributed by atoms with Crippen LogP contribution in [-0.2, 0) is 4.74 Å². The van der Waals surface area contributed by atoms with Gasteiger partial charge in [0.15, 0.2) is 0 Å². The van der Waals surface area contributed by atoms with Gasteiger partial charge in [0.1, 0.15) is 5.60 Å². The number of carbonyl (C=O) groups excluding carboxylic acids is 1. The average molecular weight is 286 g/mol.